The highest BCUT2D eigenvalue weighted by molar-refractivity contribution is 7.83. The Morgan fingerprint density at radius 2 is 1.00 bits per heavy atom. The van der Waals surface area contributed by atoms with Crippen LogP contribution in [0.4, 0.5) is 0 Å². The molecule has 0 saturated carbocycles. The number of hydrogen-bond donors (Lipinski definition) is 0. The third-order valence-electron chi connectivity index (χ3n) is 0. The molecule has 0 unspecified atom stereocenters. The van der Waals surface area contributed by atoms with E-state index in [0.717, 1.165) is 0 Å². The fourth-order valence-electron chi connectivity index (χ4n) is 0. The molecular weight excluding hydrogens is 108 g/mol. The van der Waals surface area contributed by atoms with Crippen molar-refractivity contribution in [2.45, 2.75) is 22.3 Å². The van der Waals surface area contributed by atoms with E-state index in [1.54, 1.807) is 12.5 Å². The van der Waals surface area contributed by atoms with Gasteiger partial charge in [-0.3, -0.25) is 4.21 Å². The van der Waals surface area contributed by atoms with Gasteiger partial charge in [0.25, 0.3) is 0 Å². The maximum atomic E-state index is 9.56. The van der Waals surface area contributed by atoms with Crippen LogP contribution in [0.2, 0.25) is 0 Å². The second-order valence-corrected chi connectivity index (χ2v) is 2.22. The van der Waals surface area contributed by atoms with Crippen LogP contribution in [0.15, 0.2) is 0 Å². The van der Waals surface area contributed by atoms with Gasteiger partial charge in [-0.2, -0.15) is 0 Å². The smallest absolute Gasteiger partial charge is 0.0148 e. The average molecular weight is 126 g/mol. The lowest BCUT2D eigenvalue weighted by molar-refractivity contribution is 0.690. The zero-order chi connectivity index (χ0) is 3.58. The first-order valence-electron chi connectivity index (χ1n) is 0.983. The lowest BCUT2D eigenvalue weighted by Crippen LogP contribution is -1.70. The zero-order valence-electron chi connectivity index (χ0n) is 2.82. The summed E-state index contributed by atoms with van der Waals surface area (Å²) < 4.78 is 9.56. The fourth-order valence-corrected chi connectivity index (χ4v) is 0. The van der Waals surface area contributed by atoms with Crippen LogP contribution in [0.3, 0.4) is 0 Å². The Hall–Kier alpha value is 0.150. The Morgan fingerprint density at radius 1 is 1.00 bits per heavy atom. The molecule has 7 heavy (non-hydrogen) atoms. The van der Waals surface area contributed by atoms with E-state index >= 15 is 0 Å². The van der Waals surface area contributed by atoms with Crippen LogP contribution in [-0.4, -0.2) is 16.7 Å². The molecule has 2 heteroatoms. The van der Waals surface area contributed by atoms with E-state index in [1.807, 2.05) is 0 Å². The summed E-state index contributed by atoms with van der Waals surface area (Å²) in [5, 5.41) is 0. The van der Waals surface area contributed by atoms with E-state index in [0.29, 0.717) is 0 Å². The maximum absolute atomic E-state index is 9.56. The molecule has 0 fully saturated rings. The van der Waals surface area contributed by atoms with E-state index in [9.17, 15) is 4.21 Å². The normalized spacial score (nSPS) is 5.00. The molecule has 0 aromatic rings. The highest BCUT2D eigenvalue weighted by atomic mass is 32.2. The van der Waals surface area contributed by atoms with Gasteiger partial charge in [-0.15, -0.1) is 0 Å². The molecule has 0 amide bonds. The van der Waals surface area contributed by atoms with Crippen molar-refractivity contribution in [3.63, 3.8) is 0 Å². The maximum Gasteiger partial charge on any atom is 0.0148 e. The third-order valence-corrected chi connectivity index (χ3v) is 0. The first-order valence-corrected chi connectivity index (χ1v) is 2.95. The van der Waals surface area contributed by atoms with Gasteiger partial charge in [0.1, 0.15) is 0 Å². The highest BCUT2D eigenvalue weighted by Gasteiger charge is 1.57. The summed E-state index contributed by atoms with van der Waals surface area (Å²) in [6.45, 7) is 0. The molecule has 0 aromatic heterocycles. The van der Waals surface area contributed by atoms with Crippen molar-refractivity contribution in [2.24, 2.45) is 0 Å². The molecule has 1 nitrogen and oxygen atoms in total. The number of hydrogen-bond acceptors (Lipinski definition) is 1. The standard InChI is InChI=1S/C2H6OS.3CH4/c1-4(2)3;;;/h1-2H3;3*1H4. The van der Waals surface area contributed by atoms with E-state index in [4.69, 9.17) is 0 Å². The van der Waals surface area contributed by atoms with Crippen LogP contribution in [0.1, 0.15) is 22.3 Å². The topological polar surface area (TPSA) is 17.1 Å². The van der Waals surface area contributed by atoms with Gasteiger partial charge in [0, 0.05) is 23.3 Å². The average Bonchev–Trinajstić information content (AvgIpc) is 0.811. The van der Waals surface area contributed by atoms with E-state index in [1.165, 1.54) is 0 Å². The Balaban J connectivity index is -0.0000000150. The first-order chi connectivity index (χ1) is 1.73. The van der Waals surface area contributed by atoms with E-state index in [-0.39, 0.29) is 22.3 Å². The minimum absolute atomic E-state index is 0. The van der Waals surface area contributed by atoms with Crippen molar-refractivity contribution >= 4 is 10.8 Å². The van der Waals surface area contributed by atoms with Crippen molar-refractivity contribution in [1.82, 2.24) is 0 Å². The molecule has 0 heterocycles. The largest absolute Gasteiger partial charge is 0.260 e. The van der Waals surface area contributed by atoms with Crippen LogP contribution in [-0.2, 0) is 10.8 Å². The SMILES string of the molecule is C.C.C.CS(C)=O. The van der Waals surface area contributed by atoms with Crippen molar-refractivity contribution in [3.05, 3.63) is 0 Å². The number of rotatable bonds is 0. The van der Waals surface area contributed by atoms with Gasteiger partial charge in [0.2, 0.25) is 0 Å². The van der Waals surface area contributed by atoms with Gasteiger partial charge in [0.05, 0.1) is 0 Å². The van der Waals surface area contributed by atoms with Gasteiger partial charge < -0.3 is 0 Å². The third kappa shape index (κ3) is 4710. The molecule has 50 valence electrons. The second-order valence-electron chi connectivity index (χ2n) is 0.742. The Morgan fingerprint density at radius 3 is 1.00 bits per heavy atom. The molecule has 0 rings (SSSR count). The molecule has 0 N–H and O–H groups in total. The van der Waals surface area contributed by atoms with Crippen molar-refractivity contribution in [1.29, 1.82) is 0 Å². The highest BCUT2D eigenvalue weighted by Crippen LogP contribution is 1.47. The van der Waals surface area contributed by atoms with Gasteiger partial charge in [-0.1, -0.05) is 22.3 Å². The van der Waals surface area contributed by atoms with Gasteiger partial charge >= 0.3 is 0 Å². The lowest BCUT2D eigenvalue weighted by Gasteiger charge is -1.60. The minimum atomic E-state index is -0.611. The summed E-state index contributed by atoms with van der Waals surface area (Å²) in [5.74, 6) is 0. The monoisotopic (exact) mass is 126 g/mol. The Kier molecular flexibility index (Phi) is 64.0. The predicted octanol–water partition coefficient (Wildman–Crippen LogP) is 1.90. The quantitative estimate of drug-likeness (QED) is 0.484. The molecule has 0 saturated heterocycles. The molecule has 0 bridgehead atoms. The van der Waals surface area contributed by atoms with Gasteiger partial charge in [0.15, 0.2) is 0 Å². The van der Waals surface area contributed by atoms with E-state index in [2.05, 4.69) is 0 Å². The zero-order valence-corrected chi connectivity index (χ0v) is 3.63. The lowest BCUT2D eigenvalue weighted by atomic mass is 11.9. The molecule has 0 aliphatic carbocycles. The summed E-state index contributed by atoms with van der Waals surface area (Å²) in [6.07, 6.45) is 3.28. The molecular formula is C5H18OS. The van der Waals surface area contributed by atoms with Crippen molar-refractivity contribution in [3.8, 4) is 0 Å². The van der Waals surface area contributed by atoms with Crippen LogP contribution < -0.4 is 0 Å². The summed E-state index contributed by atoms with van der Waals surface area (Å²) >= 11 is 0. The summed E-state index contributed by atoms with van der Waals surface area (Å²) in [7, 11) is -0.611. The minimum Gasteiger partial charge on any atom is -0.260 e. The van der Waals surface area contributed by atoms with E-state index < -0.39 is 10.8 Å². The predicted molar refractivity (Wildman–Crippen MR) is 40.2 cm³/mol. The van der Waals surface area contributed by atoms with Gasteiger partial charge in [-0.25, -0.2) is 0 Å². The van der Waals surface area contributed by atoms with Crippen LogP contribution in [0.25, 0.3) is 0 Å². The van der Waals surface area contributed by atoms with Crippen molar-refractivity contribution in [2.75, 3.05) is 12.5 Å². The molecule has 0 aliphatic rings. The van der Waals surface area contributed by atoms with Crippen molar-refractivity contribution < 1.29 is 4.21 Å². The second kappa shape index (κ2) is 16.4. The summed E-state index contributed by atoms with van der Waals surface area (Å²) in [4.78, 5) is 0. The van der Waals surface area contributed by atoms with Gasteiger partial charge in [-0.05, 0) is 0 Å². The Labute approximate surface area is 50.6 Å². The first kappa shape index (κ1) is 27.3. The summed E-state index contributed by atoms with van der Waals surface area (Å²) in [6, 6.07) is 0. The Bertz CT molecular complexity index is 31.1. The molecule has 0 radical (unpaired) electrons. The van der Waals surface area contributed by atoms with Crippen LogP contribution >= 0.6 is 0 Å². The van der Waals surface area contributed by atoms with Crippen LogP contribution in [0, 0.1) is 0 Å². The molecule has 0 aliphatic heterocycles. The van der Waals surface area contributed by atoms with Crippen LogP contribution in [0.5, 0.6) is 0 Å². The molecule has 0 aromatic carbocycles. The molecule has 0 atom stereocenters. The molecule has 0 spiro atoms. The fraction of sp³-hybridized carbons (Fsp3) is 1.00. The summed E-state index contributed by atoms with van der Waals surface area (Å²) in [5.41, 5.74) is 0.